The summed E-state index contributed by atoms with van der Waals surface area (Å²) in [4.78, 5) is 16.0. The summed E-state index contributed by atoms with van der Waals surface area (Å²) in [5.41, 5.74) is 0.336. The van der Waals surface area contributed by atoms with Crippen LogP contribution in [0.5, 0.6) is 5.75 Å². The SMILES string of the molecule is CCOc1ccccc1[C@H]1[C@@H]2CCCC[C@]2(O)CCN1C(=O)c1cccs1. The average Bonchev–Trinajstić information content (AvgIpc) is 3.22. The Morgan fingerprint density at radius 3 is 2.89 bits per heavy atom. The highest BCUT2D eigenvalue weighted by molar-refractivity contribution is 7.12. The lowest BCUT2D eigenvalue weighted by atomic mass is 9.66. The maximum atomic E-state index is 13.3. The maximum Gasteiger partial charge on any atom is 0.264 e. The molecule has 0 spiro atoms. The number of benzene rings is 1. The smallest absolute Gasteiger partial charge is 0.264 e. The lowest BCUT2D eigenvalue weighted by Gasteiger charge is -2.52. The van der Waals surface area contributed by atoms with Gasteiger partial charge in [-0.25, -0.2) is 0 Å². The van der Waals surface area contributed by atoms with Gasteiger partial charge in [0.15, 0.2) is 0 Å². The molecule has 1 aliphatic carbocycles. The highest BCUT2D eigenvalue weighted by Gasteiger charge is 2.51. The van der Waals surface area contributed by atoms with Crippen LogP contribution in [-0.2, 0) is 0 Å². The number of piperidine rings is 1. The number of nitrogens with zero attached hydrogens (tertiary/aromatic N) is 1. The molecule has 4 nitrogen and oxygen atoms in total. The Hall–Kier alpha value is -1.85. The van der Waals surface area contributed by atoms with Crippen LogP contribution in [0.3, 0.4) is 0 Å². The Balaban J connectivity index is 1.78. The van der Waals surface area contributed by atoms with E-state index in [-0.39, 0.29) is 17.9 Å². The van der Waals surface area contributed by atoms with E-state index in [0.29, 0.717) is 19.6 Å². The van der Waals surface area contributed by atoms with Gasteiger partial charge in [0.05, 0.1) is 23.1 Å². The van der Waals surface area contributed by atoms with E-state index in [4.69, 9.17) is 4.74 Å². The number of fused-ring (bicyclic) bond motifs is 1. The molecule has 0 unspecified atom stereocenters. The van der Waals surface area contributed by atoms with Crippen molar-refractivity contribution in [2.75, 3.05) is 13.2 Å². The second-order valence-electron chi connectivity index (χ2n) is 7.60. The predicted molar refractivity (Wildman–Crippen MR) is 107 cm³/mol. The van der Waals surface area contributed by atoms with Gasteiger partial charge in [-0.05, 0) is 43.7 Å². The fourth-order valence-corrected chi connectivity index (χ4v) is 5.53. The Labute approximate surface area is 164 Å². The first-order valence-corrected chi connectivity index (χ1v) is 10.8. The second kappa shape index (κ2) is 7.64. The zero-order valence-electron chi connectivity index (χ0n) is 15.8. The largest absolute Gasteiger partial charge is 0.494 e. The van der Waals surface area contributed by atoms with Gasteiger partial charge in [-0.15, -0.1) is 11.3 Å². The Morgan fingerprint density at radius 2 is 2.11 bits per heavy atom. The monoisotopic (exact) mass is 385 g/mol. The molecule has 144 valence electrons. The van der Waals surface area contributed by atoms with Crippen LogP contribution in [0, 0.1) is 5.92 Å². The molecule has 27 heavy (non-hydrogen) atoms. The summed E-state index contributed by atoms with van der Waals surface area (Å²) < 4.78 is 5.90. The van der Waals surface area contributed by atoms with Gasteiger partial charge >= 0.3 is 0 Å². The molecule has 0 bridgehead atoms. The second-order valence-corrected chi connectivity index (χ2v) is 8.55. The van der Waals surface area contributed by atoms with Crippen molar-refractivity contribution in [2.45, 2.75) is 50.7 Å². The number of aliphatic hydroxyl groups is 1. The summed E-state index contributed by atoms with van der Waals surface area (Å²) in [7, 11) is 0. The van der Waals surface area contributed by atoms with Gasteiger partial charge in [0.1, 0.15) is 5.75 Å². The summed E-state index contributed by atoms with van der Waals surface area (Å²) in [6.45, 7) is 3.13. The number of ether oxygens (including phenoxy) is 1. The van der Waals surface area contributed by atoms with Crippen LogP contribution in [0.4, 0.5) is 0 Å². The molecule has 1 aliphatic heterocycles. The van der Waals surface area contributed by atoms with Gasteiger partial charge in [0, 0.05) is 18.0 Å². The first-order chi connectivity index (χ1) is 13.1. The standard InChI is InChI=1S/C22H27NO3S/c1-2-26-18-10-4-3-8-16(18)20-17-9-5-6-12-22(17,25)13-14-23(20)21(24)19-11-7-15-27-19/h3-4,7-8,10-11,15,17,20,25H,2,5-6,9,12-14H2,1H3/t17-,20-,22-/m0/s1. The molecule has 0 radical (unpaired) electrons. The van der Waals surface area contributed by atoms with E-state index in [0.717, 1.165) is 41.9 Å². The van der Waals surface area contributed by atoms with E-state index in [2.05, 4.69) is 6.07 Å². The predicted octanol–water partition coefficient (Wildman–Crippen LogP) is 4.66. The third-order valence-corrected chi connectivity index (χ3v) is 6.96. The van der Waals surface area contributed by atoms with E-state index in [9.17, 15) is 9.90 Å². The highest BCUT2D eigenvalue weighted by Crippen LogP contribution is 2.51. The minimum absolute atomic E-state index is 0.0468. The summed E-state index contributed by atoms with van der Waals surface area (Å²) in [5, 5.41) is 13.3. The lowest BCUT2D eigenvalue weighted by Crippen LogP contribution is -2.56. The van der Waals surface area contributed by atoms with Crippen molar-refractivity contribution >= 4 is 17.2 Å². The Bertz CT molecular complexity index is 791. The van der Waals surface area contributed by atoms with Crippen molar-refractivity contribution in [3.8, 4) is 5.75 Å². The normalized spacial score (nSPS) is 27.9. The maximum absolute atomic E-state index is 13.3. The number of carbonyl (C=O) groups is 1. The van der Waals surface area contributed by atoms with Crippen LogP contribution in [0.2, 0.25) is 0 Å². The van der Waals surface area contributed by atoms with Crippen LogP contribution in [0.1, 0.15) is 60.3 Å². The molecule has 2 fully saturated rings. The van der Waals surface area contributed by atoms with Crippen molar-refractivity contribution in [1.82, 2.24) is 4.90 Å². The first kappa shape index (κ1) is 18.5. The van der Waals surface area contributed by atoms with Gasteiger partial charge < -0.3 is 14.7 Å². The number of hydrogen-bond donors (Lipinski definition) is 1. The molecule has 1 N–H and O–H groups in total. The first-order valence-electron chi connectivity index (χ1n) is 9.92. The van der Waals surface area contributed by atoms with Gasteiger partial charge in [-0.3, -0.25) is 4.79 Å². The van der Waals surface area contributed by atoms with Gasteiger partial charge in [0.25, 0.3) is 5.91 Å². The Kier molecular flexibility index (Phi) is 5.24. The van der Waals surface area contributed by atoms with E-state index in [1.165, 1.54) is 11.3 Å². The van der Waals surface area contributed by atoms with Crippen molar-refractivity contribution in [1.29, 1.82) is 0 Å². The third kappa shape index (κ3) is 3.39. The average molecular weight is 386 g/mol. The lowest BCUT2D eigenvalue weighted by molar-refractivity contribution is -0.115. The van der Waals surface area contributed by atoms with Crippen molar-refractivity contribution in [2.24, 2.45) is 5.92 Å². The molecule has 4 rings (SSSR count). The molecule has 1 saturated carbocycles. The highest BCUT2D eigenvalue weighted by atomic mass is 32.1. The number of thiophene rings is 1. The number of rotatable bonds is 4. The van der Waals surface area contributed by atoms with Crippen molar-refractivity contribution in [3.63, 3.8) is 0 Å². The quantitative estimate of drug-likeness (QED) is 0.833. The van der Waals surface area contributed by atoms with Gasteiger partial charge in [0.2, 0.25) is 0 Å². The molecular weight excluding hydrogens is 358 g/mol. The fraction of sp³-hybridized carbons (Fsp3) is 0.500. The van der Waals surface area contributed by atoms with Crippen LogP contribution in [0.15, 0.2) is 41.8 Å². The summed E-state index contributed by atoms with van der Waals surface area (Å²) in [6, 6.07) is 11.7. The number of hydrogen-bond acceptors (Lipinski definition) is 4. The molecular formula is C22H27NO3S. The molecule has 2 heterocycles. The van der Waals surface area contributed by atoms with Crippen LogP contribution in [-0.4, -0.2) is 34.7 Å². The minimum atomic E-state index is -0.686. The van der Waals surface area contributed by atoms with E-state index < -0.39 is 5.60 Å². The molecule has 1 aromatic heterocycles. The van der Waals surface area contributed by atoms with E-state index >= 15 is 0 Å². The van der Waals surface area contributed by atoms with Crippen LogP contribution in [0.25, 0.3) is 0 Å². The third-order valence-electron chi connectivity index (χ3n) is 6.10. The number of para-hydroxylation sites is 1. The number of likely N-dealkylation sites (tertiary alicyclic amines) is 1. The summed E-state index contributed by atoms with van der Waals surface area (Å²) in [5.74, 6) is 0.934. The Morgan fingerprint density at radius 1 is 1.26 bits per heavy atom. The molecule has 1 amide bonds. The molecule has 1 aromatic carbocycles. The van der Waals surface area contributed by atoms with Crippen LogP contribution >= 0.6 is 11.3 Å². The molecule has 3 atom stereocenters. The molecule has 2 aromatic rings. The van der Waals surface area contributed by atoms with Crippen molar-refractivity contribution < 1.29 is 14.6 Å². The van der Waals surface area contributed by atoms with E-state index in [1.807, 2.05) is 47.5 Å². The number of amides is 1. The molecule has 5 heteroatoms. The summed E-state index contributed by atoms with van der Waals surface area (Å²) in [6.07, 6.45) is 4.58. The molecule has 2 aliphatic rings. The van der Waals surface area contributed by atoms with Crippen molar-refractivity contribution in [3.05, 3.63) is 52.2 Å². The van der Waals surface area contributed by atoms with Gasteiger partial charge in [-0.1, -0.05) is 37.1 Å². The zero-order chi connectivity index (χ0) is 18.9. The van der Waals surface area contributed by atoms with E-state index in [1.54, 1.807) is 0 Å². The fourth-order valence-electron chi connectivity index (χ4n) is 4.85. The number of carbonyl (C=O) groups excluding carboxylic acids is 1. The minimum Gasteiger partial charge on any atom is -0.494 e. The van der Waals surface area contributed by atoms with Gasteiger partial charge in [-0.2, -0.15) is 0 Å². The topological polar surface area (TPSA) is 49.8 Å². The zero-order valence-corrected chi connectivity index (χ0v) is 16.6. The molecule has 1 saturated heterocycles. The van der Waals surface area contributed by atoms with Crippen LogP contribution < -0.4 is 4.74 Å². The summed E-state index contributed by atoms with van der Waals surface area (Å²) >= 11 is 1.48.